The molecule has 136 valence electrons. The van der Waals surface area contributed by atoms with E-state index >= 15 is 0 Å². The van der Waals surface area contributed by atoms with Crippen molar-refractivity contribution in [2.75, 3.05) is 37.6 Å². The summed E-state index contributed by atoms with van der Waals surface area (Å²) < 4.78 is 0. The van der Waals surface area contributed by atoms with Gasteiger partial charge in [0.15, 0.2) is 0 Å². The van der Waals surface area contributed by atoms with Crippen LogP contribution in [-0.2, 0) is 0 Å². The van der Waals surface area contributed by atoms with Crippen LogP contribution in [0.2, 0.25) is 10.0 Å². The topological polar surface area (TPSA) is 26.7 Å². The quantitative estimate of drug-likeness (QED) is 0.671. The molecule has 0 aliphatic carbocycles. The largest absolute Gasteiger partial charge is 0.387 e. The molecule has 0 aromatic heterocycles. The van der Waals surface area contributed by atoms with Gasteiger partial charge in [-0.25, -0.2) is 0 Å². The summed E-state index contributed by atoms with van der Waals surface area (Å²) in [5.41, 5.74) is 1.75. The van der Waals surface area contributed by atoms with Gasteiger partial charge in [0.25, 0.3) is 0 Å². The first kappa shape index (κ1) is 20.1. The van der Waals surface area contributed by atoms with E-state index in [1.165, 1.54) is 0 Å². The Balaban J connectivity index is 2.20. The predicted octanol–water partition coefficient (Wildman–Crippen LogP) is 4.88. The number of anilines is 1. The second kappa shape index (κ2) is 10.0. The van der Waals surface area contributed by atoms with Crippen molar-refractivity contribution >= 4 is 28.9 Å². The molecule has 0 fully saturated rings. The summed E-state index contributed by atoms with van der Waals surface area (Å²) in [6.45, 7) is 8.43. The zero-order chi connectivity index (χ0) is 18.2. The summed E-state index contributed by atoms with van der Waals surface area (Å²) in [4.78, 5) is 4.46. The van der Waals surface area contributed by atoms with E-state index in [2.05, 4.69) is 23.6 Å². The molecule has 0 bridgehead atoms. The minimum Gasteiger partial charge on any atom is -0.387 e. The van der Waals surface area contributed by atoms with Crippen molar-refractivity contribution in [1.29, 1.82) is 0 Å². The Morgan fingerprint density at radius 3 is 2.28 bits per heavy atom. The Bertz CT molecular complexity index is 647. The number of aliphatic hydroxyl groups excluding tert-OH is 1. The van der Waals surface area contributed by atoms with Crippen LogP contribution in [0, 0.1) is 0 Å². The van der Waals surface area contributed by atoms with E-state index in [9.17, 15) is 5.11 Å². The Morgan fingerprint density at radius 2 is 1.64 bits per heavy atom. The lowest BCUT2D eigenvalue weighted by Gasteiger charge is -2.31. The molecule has 1 N–H and O–H groups in total. The van der Waals surface area contributed by atoms with E-state index in [1.54, 1.807) is 12.1 Å². The normalized spacial score (nSPS) is 12.4. The van der Waals surface area contributed by atoms with Crippen LogP contribution in [0.3, 0.4) is 0 Å². The number of aliphatic hydroxyl groups is 1. The molecular formula is C20H26Cl2N2O. The number of hydrogen-bond acceptors (Lipinski definition) is 3. The van der Waals surface area contributed by atoms with Gasteiger partial charge in [0.05, 0.1) is 16.8 Å². The molecule has 2 aromatic carbocycles. The number of rotatable bonds is 9. The predicted molar refractivity (Wildman–Crippen MR) is 108 cm³/mol. The van der Waals surface area contributed by atoms with Crippen LogP contribution in [0.15, 0.2) is 48.5 Å². The summed E-state index contributed by atoms with van der Waals surface area (Å²) >= 11 is 12.6. The fourth-order valence-corrected chi connectivity index (χ4v) is 3.23. The van der Waals surface area contributed by atoms with Crippen molar-refractivity contribution in [3.8, 4) is 0 Å². The van der Waals surface area contributed by atoms with Crippen LogP contribution < -0.4 is 4.90 Å². The van der Waals surface area contributed by atoms with E-state index in [-0.39, 0.29) is 0 Å². The third-order valence-electron chi connectivity index (χ3n) is 4.41. The Labute approximate surface area is 160 Å². The fourth-order valence-electron chi connectivity index (χ4n) is 2.83. The van der Waals surface area contributed by atoms with Gasteiger partial charge in [-0.05, 0) is 36.9 Å². The van der Waals surface area contributed by atoms with Gasteiger partial charge in [-0.15, -0.1) is 0 Å². The number of halogens is 2. The summed E-state index contributed by atoms with van der Waals surface area (Å²) in [5, 5.41) is 11.9. The molecule has 25 heavy (non-hydrogen) atoms. The maximum atomic E-state index is 10.7. The third-order valence-corrected chi connectivity index (χ3v) is 4.96. The molecule has 1 atom stereocenters. The summed E-state index contributed by atoms with van der Waals surface area (Å²) in [5.74, 6) is 0. The van der Waals surface area contributed by atoms with E-state index in [4.69, 9.17) is 23.2 Å². The average Bonchev–Trinajstić information content (AvgIpc) is 2.64. The summed E-state index contributed by atoms with van der Waals surface area (Å²) in [6, 6.07) is 15.1. The van der Waals surface area contributed by atoms with E-state index in [0.717, 1.165) is 37.4 Å². The molecule has 2 rings (SSSR count). The maximum absolute atomic E-state index is 10.7. The first-order valence-corrected chi connectivity index (χ1v) is 9.46. The Hall–Kier alpha value is -1.26. The third kappa shape index (κ3) is 5.89. The lowest BCUT2D eigenvalue weighted by Crippen LogP contribution is -2.37. The Morgan fingerprint density at radius 1 is 0.960 bits per heavy atom. The van der Waals surface area contributed by atoms with E-state index in [1.807, 2.05) is 36.4 Å². The smallest absolute Gasteiger partial charge is 0.0964 e. The maximum Gasteiger partial charge on any atom is 0.0964 e. The molecule has 5 heteroatoms. The standard InChI is InChI=1S/C20H26Cl2N2O/c1-3-23(4-2)12-13-24(19-14-17(21)10-11-18(19)22)15-20(25)16-8-6-5-7-9-16/h5-11,14,20,25H,3-4,12-13,15H2,1-2H3/t20-/m0/s1. The van der Waals surface area contributed by atoms with Gasteiger partial charge in [-0.3, -0.25) is 0 Å². The van der Waals surface area contributed by atoms with Crippen molar-refractivity contribution in [1.82, 2.24) is 4.90 Å². The molecule has 0 heterocycles. The van der Waals surface area contributed by atoms with Crippen molar-refractivity contribution in [3.05, 3.63) is 64.1 Å². The van der Waals surface area contributed by atoms with Crippen LogP contribution in [0.1, 0.15) is 25.5 Å². The Kier molecular flexibility index (Phi) is 8.04. The lowest BCUT2D eigenvalue weighted by molar-refractivity contribution is 0.181. The van der Waals surface area contributed by atoms with Crippen LogP contribution in [0.4, 0.5) is 5.69 Å². The summed E-state index contributed by atoms with van der Waals surface area (Å²) in [6.07, 6.45) is -0.590. The molecular weight excluding hydrogens is 355 g/mol. The van der Waals surface area contributed by atoms with Crippen LogP contribution >= 0.6 is 23.2 Å². The lowest BCUT2D eigenvalue weighted by atomic mass is 10.1. The molecule has 0 aliphatic heterocycles. The van der Waals surface area contributed by atoms with Gasteiger partial charge in [0.2, 0.25) is 0 Å². The number of hydrogen-bond donors (Lipinski definition) is 1. The van der Waals surface area contributed by atoms with E-state index in [0.29, 0.717) is 16.6 Å². The van der Waals surface area contributed by atoms with Crippen molar-refractivity contribution in [3.63, 3.8) is 0 Å². The highest BCUT2D eigenvalue weighted by atomic mass is 35.5. The van der Waals surface area contributed by atoms with Crippen LogP contribution in [0.5, 0.6) is 0 Å². The first-order valence-electron chi connectivity index (χ1n) is 8.70. The van der Waals surface area contributed by atoms with Crippen molar-refractivity contribution in [2.45, 2.75) is 20.0 Å². The fraction of sp³-hybridized carbons (Fsp3) is 0.400. The van der Waals surface area contributed by atoms with E-state index < -0.39 is 6.10 Å². The number of likely N-dealkylation sites (N-methyl/N-ethyl adjacent to an activating group) is 1. The molecule has 0 saturated carbocycles. The molecule has 0 amide bonds. The molecule has 2 aromatic rings. The zero-order valence-electron chi connectivity index (χ0n) is 14.8. The molecule has 3 nitrogen and oxygen atoms in total. The van der Waals surface area contributed by atoms with Gasteiger partial charge in [0.1, 0.15) is 0 Å². The SMILES string of the molecule is CCN(CC)CCN(C[C@H](O)c1ccccc1)c1cc(Cl)ccc1Cl. The minimum absolute atomic E-state index is 0.464. The zero-order valence-corrected chi connectivity index (χ0v) is 16.3. The minimum atomic E-state index is -0.590. The van der Waals surface area contributed by atoms with Gasteiger partial charge in [0, 0.05) is 24.7 Å². The van der Waals surface area contributed by atoms with Gasteiger partial charge < -0.3 is 14.9 Å². The first-order chi connectivity index (χ1) is 12.0. The highest BCUT2D eigenvalue weighted by molar-refractivity contribution is 6.35. The highest BCUT2D eigenvalue weighted by Crippen LogP contribution is 2.30. The molecule has 0 aliphatic rings. The second-order valence-electron chi connectivity index (χ2n) is 6.00. The number of nitrogens with zero attached hydrogens (tertiary/aromatic N) is 2. The van der Waals surface area contributed by atoms with Gasteiger partial charge in [-0.2, -0.15) is 0 Å². The number of benzene rings is 2. The van der Waals surface area contributed by atoms with Crippen LogP contribution in [-0.4, -0.2) is 42.7 Å². The molecule has 0 radical (unpaired) electrons. The van der Waals surface area contributed by atoms with Gasteiger partial charge in [-0.1, -0.05) is 67.4 Å². The average molecular weight is 381 g/mol. The second-order valence-corrected chi connectivity index (χ2v) is 6.84. The molecule has 0 spiro atoms. The summed E-state index contributed by atoms with van der Waals surface area (Å²) in [7, 11) is 0. The monoisotopic (exact) mass is 380 g/mol. The van der Waals surface area contributed by atoms with Gasteiger partial charge >= 0.3 is 0 Å². The highest BCUT2D eigenvalue weighted by Gasteiger charge is 2.17. The van der Waals surface area contributed by atoms with Crippen molar-refractivity contribution in [2.24, 2.45) is 0 Å². The molecule has 0 saturated heterocycles. The van der Waals surface area contributed by atoms with Crippen molar-refractivity contribution < 1.29 is 5.11 Å². The van der Waals surface area contributed by atoms with Crippen LogP contribution in [0.25, 0.3) is 0 Å². The molecule has 0 unspecified atom stereocenters.